The Labute approximate surface area is 112 Å². The Morgan fingerprint density at radius 2 is 2.06 bits per heavy atom. The van der Waals surface area contributed by atoms with Gasteiger partial charge in [-0.3, -0.25) is 0 Å². The molecule has 3 rings (SSSR count). The summed E-state index contributed by atoms with van der Waals surface area (Å²) in [6.07, 6.45) is 2.19. The van der Waals surface area contributed by atoms with Crippen LogP contribution in [-0.2, 0) is 6.42 Å². The fraction of sp³-hybridized carbons (Fsp3) is 0.0833. The van der Waals surface area contributed by atoms with E-state index in [0.29, 0.717) is 22.5 Å². The summed E-state index contributed by atoms with van der Waals surface area (Å²) >= 11 is 3.27. The molecule has 90 valence electrons. The predicted octanol–water partition coefficient (Wildman–Crippen LogP) is 2.29. The van der Waals surface area contributed by atoms with Gasteiger partial charge in [0, 0.05) is 6.20 Å². The number of nitrogens with zero attached hydrogens (tertiary/aromatic N) is 3. The Bertz CT molecular complexity index is 674. The fourth-order valence-electron chi connectivity index (χ4n) is 1.74. The van der Waals surface area contributed by atoms with Crippen LogP contribution in [0.4, 0.5) is 5.82 Å². The van der Waals surface area contributed by atoms with Gasteiger partial charge >= 0.3 is 0 Å². The smallest absolute Gasteiger partial charge is 0.141 e. The SMILES string of the molecule is Nc1nc(Cc2nc3ccccc3[nH]2)ncc1Br. The van der Waals surface area contributed by atoms with Gasteiger partial charge in [0.25, 0.3) is 0 Å². The van der Waals surface area contributed by atoms with Crippen LogP contribution < -0.4 is 5.73 Å². The molecule has 0 saturated heterocycles. The number of aromatic nitrogens is 4. The Morgan fingerprint density at radius 3 is 2.83 bits per heavy atom. The van der Waals surface area contributed by atoms with Crippen molar-refractivity contribution in [2.75, 3.05) is 5.73 Å². The number of benzene rings is 1. The lowest BCUT2D eigenvalue weighted by molar-refractivity contribution is 0.918. The van der Waals surface area contributed by atoms with Crippen LogP contribution in [0.1, 0.15) is 11.6 Å². The summed E-state index contributed by atoms with van der Waals surface area (Å²) in [6.45, 7) is 0. The molecule has 0 spiro atoms. The molecule has 0 atom stereocenters. The van der Waals surface area contributed by atoms with Crippen molar-refractivity contribution in [3.63, 3.8) is 0 Å². The zero-order valence-electron chi connectivity index (χ0n) is 9.39. The second-order valence-corrected chi connectivity index (χ2v) is 4.75. The van der Waals surface area contributed by atoms with E-state index in [2.05, 4.69) is 35.9 Å². The first-order valence-corrected chi connectivity index (χ1v) is 6.22. The molecule has 3 aromatic rings. The number of halogens is 1. The summed E-state index contributed by atoms with van der Waals surface area (Å²) < 4.78 is 0.704. The number of imidazole rings is 1. The maximum absolute atomic E-state index is 5.72. The largest absolute Gasteiger partial charge is 0.383 e. The number of nitrogen functional groups attached to an aromatic ring is 1. The molecule has 6 heteroatoms. The lowest BCUT2D eigenvalue weighted by Gasteiger charge is -2.00. The van der Waals surface area contributed by atoms with Crippen molar-refractivity contribution in [3.05, 3.63) is 46.6 Å². The van der Waals surface area contributed by atoms with E-state index in [1.54, 1.807) is 6.20 Å². The van der Waals surface area contributed by atoms with E-state index < -0.39 is 0 Å². The zero-order valence-corrected chi connectivity index (χ0v) is 11.0. The lowest BCUT2D eigenvalue weighted by Crippen LogP contribution is -2.01. The normalized spacial score (nSPS) is 10.9. The molecule has 0 unspecified atom stereocenters. The molecule has 3 N–H and O–H groups in total. The van der Waals surface area contributed by atoms with E-state index >= 15 is 0 Å². The van der Waals surface area contributed by atoms with Crippen molar-refractivity contribution in [1.82, 2.24) is 19.9 Å². The van der Waals surface area contributed by atoms with Crippen LogP contribution >= 0.6 is 15.9 Å². The number of nitrogens with one attached hydrogen (secondary N) is 1. The van der Waals surface area contributed by atoms with Gasteiger partial charge in [-0.1, -0.05) is 12.1 Å². The average Bonchev–Trinajstić information content (AvgIpc) is 2.76. The van der Waals surface area contributed by atoms with Gasteiger partial charge in [-0.25, -0.2) is 15.0 Å². The number of rotatable bonds is 2. The van der Waals surface area contributed by atoms with Gasteiger partial charge in [-0.15, -0.1) is 0 Å². The molecule has 0 saturated carbocycles. The van der Waals surface area contributed by atoms with Crippen LogP contribution in [0.3, 0.4) is 0 Å². The Balaban J connectivity index is 1.93. The molecule has 0 amide bonds. The molecule has 5 nitrogen and oxygen atoms in total. The van der Waals surface area contributed by atoms with Crippen molar-refractivity contribution in [1.29, 1.82) is 0 Å². The third-order valence-electron chi connectivity index (χ3n) is 2.59. The second-order valence-electron chi connectivity index (χ2n) is 3.90. The van der Waals surface area contributed by atoms with Crippen molar-refractivity contribution in [2.24, 2.45) is 0 Å². The molecule has 18 heavy (non-hydrogen) atoms. The Kier molecular flexibility index (Phi) is 2.71. The van der Waals surface area contributed by atoms with Crippen LogP contribution in [0, 0.1) is 0 Å². The monoisotopic (exact) mass is 303 g/mol. The van der Waals surface area contributed by atoms with Crippen molar-refractivity contribution < 1.29 is 0 Å². The highest BCUT2D eigenvalue weighted by molar-refractivity contribution is 9.10. The number of hydrogen-bond donors (Lipinski definition) is 2. The molecular weight excluding hydrogens is 294 g/mol. The molecule has 2 heterocycles. The van der Waals surface area contributed by atoms with E-state index in [4.69, 9.17) is 5.73 Å². The topological polar surface area (TPSA) is 80.5 Å². The summed E-state index contributed by atoms with van der Waals surface area (Å²) in [5, 5.41) is 0. The van der Waals surface area contributed by atoms with Crippen LogP contribution in [0.2, 0.25) is 0 Å². The van der Waals surface area contributed by atoms with E-state index in [1.165, 1.54) is 0 Å². The standard InChI is InChI=1S/C12H10BrN5/c13-7-6-15-10(18-12(7)14)5-11-16-8-3-1-2-4-9(8)17-11/h1-4,6H,5H2,(H,16,17)(H2,14,15,18). The first kappa shape index (κ1) is 11.2. The third-order valence-corrected chi connectivity index (χ3v) is 3.20. The van der Waals surface area contributed by atoms with Crippen LogP contribution in [-0.4, -0.2) is 19.9 Å². The summed E-state index contributed by atoms with van der Waals surface area (Å²) in [5.41, 5.74) is 7.67. The summed E-state index contributed by atoms with van der Waals surface area (Å²) in [5.74, 6) is 1.92. The maximum Gasteiger partial charge on any atom is 0.141 e. The second kappa shape index (κ2) is 4.38. The molecular formula is C12H10BrN5. The fourth-order valence-corrected chi connectivity index (χ4v) is 1.93. The van der Waals surface area contributed by atoms with E-state index in [0.717, 1.165) is 16.9 Å². The highest BCUT2D eigenvalue weighted by Crippen LogP contribution is 2.16. The van der Waals surface area contributed by atoms with E-state index in [9.17, 15) is 0 Å². The van der Waals surface area contributed by atoms with Gasteiger partial charge in [-0.05, 0) is 28.1 Å². The Morgan fingerprint density at radius 1 is 1.22 bits per heavy atom. The van der Waals surface area contributed by atoms with E-state index in [1.807, 2.05) is 24.3 Å². The summed E-state index contributed by atoms with van der Waals surface area (Å²) in [7, 11) is 0. The molecule has 0 fully saturated rings. The third kappa shape index (κ3) is 2.06. The van der Waals surface area contributed by atoms with Gasteiger partial charge in [0.05, 0.1) is 21.9 Å². The minimum absolute atomic E-state index is 0.441. The average molecular weight is 304 g/mol. The zero-order chi connectivity index (χ0) is 12.5. The van der Waals surface area contributed by atoms with E-state index in [-0.39, 0.29) is 0 Å². The highest BCUT2D eigenvalue weighted by Gasteiger charge is 2.06. The van der Waals surface area contributed by atoms with Gasteiger partial charge in [0.15, 0.2) is 0 Å². The van der Waals surface area contributed by atoms with Gasteiger partial charge in [0.1, 0.15) is 17.5 Å². The van der Waals surface area contributed by atoms with Gasteiger partial charge in [-0.2, -0.15) is 0 Å². The maximum atomic E-state index is 5.72. The van der Waals surface area contributed by atoms with Crippen molar-refractivity contribution in [2.45, 2.75) is 6.42 Å². The predicted molar refractivity (Wildman–Crippen MR) is 73.0 cm³/mol. The molecule has 0 bridgehead atoms. The quantitative estimate of drug-likeness (QED) is 0.761. The van der Waals surface area contributed by atoms with Crippen LogP contribution in [0.5, 0.6) is 0 Å². The molecule has 0 radical (unpaired) electrons. The summed E-state index contributed by atoms with van der Waals surface area (Å²) in [6, 6.07) is 7.88. The number of aromatic amines is 1. The van der Waals surface area contributed by atoms with Crippen LogP contribution in [0.15, 0.2) is 34.9 Å². The highest BCUT2D eigenvalue weighted by atomic mass is 79.9. The van der Waals surface area contributed by atoms with Gasteiger partial charge < -0.3 is 10.7 Å². The number of para-hydroxylation sites is 2. The lowest BCUT2D eigenvalue weighted by atomic mass is 10.3. The number of nitrogens with two attached hydrogens (primary N) is 1. The minimum Gasteiger partial charge on any atom is -0.383 e. The number of fused-ring (bicyclic) bond motifs is 1. The van der Waals surface area contributed by atoms with Crippen molar-refractivity contribution >= 4 is 32.8 Å². The Hall–Kier alpha value is -1.95. The van der Waals surface area contributed by atoms with Gasteiger partial charge in [0.2, 0.25) is 0 Å². The number of hydrogen-bond acceptors (Lipinski definition) is 4. The molecule has 0 aliphatic heterocycles. The minimum atomic E-state index is 0.441. The number of H-pyrrole nitrogens is 1. The first-order chi connectivity index (χ1) is 8.72. The van der Waals surface area contributed by atoms with Crippen LogP contribution in [0.25, 0.3) is 11.0 Å². The molecule has 2 aromatic heterocycles. The van der Waals surface area contributed by atoms with Crippen molar-refractivity contribution in [3.8, 4) is 0 Å². The summed E-state index contributed by atoms with van der Waals surface area (Å²) in [4.78, 5) is 16.1. The molecule has 0 aliphatic carbocycles. The number of anilines is 1. The molecule has 1 aromatic carbocycles. The first-order valence-electron chi connectivity index (χ1n) is 5.43. The molecule has 0 aliphatic rings.